The van der Waals surface area contributed by atoms with Gasteiger partial charge in [-0.25, -0.2) is 13.1 Å². The van der Waals surface area contributed by atoms with Crippen LogP contribution in [0.5, 0.6) is 0 Å². The van der Waals surface area contributed by atoms with Gasteiger partial charge in [-0.3, -0.25) is 9.69 Å². The molecule has 0 N–H and O–H groups in total. The van der Waals surface area contributed by atoms with Crippen LogP contribution < -0.4 is 0 Å². The van der Waals surface area contributed by atoms with E-state index in [2.05, 4.69) is 24.0 Å². The minimum absolute atomic E-state index is 0.213. The Morgan fingerprint density at radius 3 is 2.57 bits per heavy atom. The maximum absolute atomic E-state index is 13.6. The van der Waals surface area contributed by atoms with Crippen molar-refractivity contribution in [3.05, 3.63) is 65.4 Å². The Labute approximate surface area is 217 Å². The fraction of sp³-hybridized carbons (Fsp3) is 0.429. The first-order valence-electron chi connectivity index (χ1n) is 13.0. The minimum atomic E-state index is -3.60. The third-order valence-corrected chi connectivity index (χ3v) is 9.43. The molecule has 2 saturated heterocycles. The smallest absolute Gasteiger partial charge is 0.274 e. The van der Waals surface area contributed by atoms with Crippen molar-refractivity contribution in [3.8, 4) is 16.9 Å². The fourth-order valence-corrected chi connectivity index (χ4v) is 7.20. The van der Waals surface area contributed by atoms with Crippen molar-refractivity contribution in [3.63, 3.8) is 0 Å². The van der Waals surface area contributed by atoms with E-state index in [1.54, 1.807) is 21.7 Å². The number of amides is 1. The van der Waals surface area contributed by atoms with Crippen LogP contribution in [-0.4, -0.2) is 73.3 Å². The van der Waals surface area contributed by atoms with Gasteiger partial charge in [-0.05, 0) is 55.6 Å². The molecule has 3 aliphatic heterocycles. The molecule has 1 aromatic heterocycles. The number of likely N-dealkylation sites (tertiary alicyclic amines) is 1. The summed E-state index contributed by atoms with van der Waals surface area (Å²) in [6.07, 6.45) is 2.43. The van der Waals surface area contributed by atoms with Crippen LogP contribution in [0.15, 0.2) is 53.4 Å². The zero-order valence-electron chi connectivity index (χ0n) is 21.1. The van der Waals surface area contributed by atoms with Crippen molar-refractivity contribution in [1.82, 2.24) is 19.6 Å². The maximum Gasteiger partial charge on any atom is 0.274 e. The lowest BCUT2D eigenvalue weighted by molar-refractivity contribution is 0.0298. The van der Waals surface area contributed by atoms with E-state index in [4.69, 9.17) is 9.84 Å². The molecule has 4 heterocycles. The molecule has 0 spiro atoms. The van der Waals surface area contributed by atoms with Gasteiger partial charge in [0.1, 0.15) is 0 Å². The van der Waals surface area contributed by atoms with Gasteiger partial charge in [-0.1, -0.05) is 37.3 Å². The lowest BCUT2D eigenvalue weighted by atomic mass is 9.99. The molecule has 2 fully saturated rings. The number of rotatable bonds is 4. The highest BCUT2D eigenvalue weighted by Crippen LogP contribution is 2.41. The number of carbonyl (C=O) groups excluding carboxylic acids is 1. The van der Waals surface area contributed by atoms with E-state index in [0.717, 1.165) is 31.2 Å². The van der Waals surface area contributed by atoms with Crippen LogP contribution >= 0.6 is 0 Å². The van der Waals surface area contributed by atoms with Gasteiger partial charge in [0.25, 0.3) is 5.91 Å². The maximum atomic E-state index is 13.6. The van der Waals surface area contributed by atoms with Gasteiger partial charge >= 0.3 is 0 Å². The highest BCUT2D eigenvalue weighted by Gasteiger charge is 2.37. The quantitative estimate of drug-likeness (QED) is 0.523. The van der Waals surface area contributed by atoms with Gasteiger partial charge in [0.05, 0.1) is 35.2 Å². The summed E-state index contributed by atoms with van der Waals surface area (Å²) < 4.78 is 33.7. The zero-order valence-corrected chi connectivity index (χ0v) is 21.9. The first-order valence-corrected chi connectivity index (χ1v) is 14.7. The van der Waals surface area contributed by atoms with Crippen LogP contribution in [0.4, 0.5) is 0 Å². The number of ether oxygens (including phenoxy) is 1. The van der Waals surface area contributed by atoms with Crippen molar-refractivity contribution in [2.45, 2.75) is 37.0 Å². The summed E-state index contributed by atoms with van der Waals surface area (Å²) in [6.45, 7) is 7.21. The average molecular weight is 521 g/mol. The number of piperidine rings is 1. The molecule has 1 amide bonds. The number of morpholine rings is 1. The number of sulfone groups is 1. The Bertz CT molecular complexity index is 1430. The third kappa shape index (κ3) is 4.60. The Kier molecular flexibility index (Phi) is 6.38. The van der Waals surface area contributed by atoms with Gasteiger partial charge < -0.3 is 9.64 Å². The third-order valence-electron chi connectivity index (χ3n) is 7.73. The van der Waals surface area contributed by atoms with Crippen LogP contribution in [0.3, 0.4) is 0 Å². The summed E-state index contributed by atoms with van der Waals surface area (Å²) in [6, 6.07) is 15.2. The monoisotopic (exact) mass is 520 g/mol. The van der Waals surface area contributed by atoms with Crippen molar-refractivity contribution < 1.29 is 17.9 Å². The van der Waals surface area contributed by atoms with Crippen molar-refractivity contribution in [1.29, 1.82) is 0 Å². The molecular weight excluding hydrogens is 488 g/mol. The van der Waals surface area contributed by atoms with Gasteiger partial charge in [-0.15, -0.1) is 0 Å². The molecular formula is C28H32N4O4S. The van der Waals surface area contributed by atoms with Crippen LogP contribution in [0.1, 0.15) is 41.4 Å². The summed E-state index contributed by atoms with van der Waals surface area (Å²) in [7, 11) is -3.60. The van der Waals surface area contributed by atoms with Crippen LogP contribution in [0, 0.1) is 5.92 Å². The predicted molar refractivity (Wildman–Crippen MR) is 140 cm³/mol. The Morgan fingerprint density at radius 2 is 1.78 bits per heavy atom. The van der Waals surface area contributed by atoms with Gasteiger partial charge in [0, 0.05) is 30.8 Å². The number of hydrogen-bond donors (Lipinski definition) is 0. The number of fused-ring (bicyclic) bond motifs is 3. The van der Waals surface area contributed by atoms with E-state index in [1.807, 2.05) is 24.3 Å². The molecule has 37 heavy (non-hydrogen) atoms. The molecule has 8 nitrogen and oxygen atoms in total. The van der Waals surface area contributed by atoms with E-state index >= 15 is 0 Å². The lowest BCUT2D eigenvalue weighted by Gasteiger charge is -2.30. The summed E-state index contributed by atoms with van der Waals surface area (Å²) in [5, 5.41) is 4.81. The molecule has 3 aromatic rings. The molecule has 3 aliphatic rings. The molecule has 0 saturated carbocycles. The fourth-order valence-electron chi connectivity index (χ4n) is 5.60. The molecule has 194 valence electrons. The number of carbonyl (C=O) groups is 1. The van der Waals surface area contributed by atoms with E-state index in [9.17, 15) is 13.2 Å². The van der Waals surface area contributed by atoms with Crippen molar-refractivity contribution in [2.24, 2.45) is 5.92 Å². The van der Waals surface area contributed by atoms with E-state index < -0.39 is 9.84 Å². The predicted octanol–water partition coefficient (Wildman–Crippen LogP) is 3.53. The molecule has 0 aliphatic carbocycles. The Balaban J connectivity index is 1.44. The normalized spacial score (nSPS) is 19.9. The standard InChI is InChI=1S/C28H32N4O4S/c1-20-9-11-30(12-10-20)18-21-5-4-6-22(17-21)32-27-23-7-2-3-8-25(23)37(34,35)19-24(27)26(29-32)28(33)31-13-15-36-16-14-31/h2-8,17,20H,9-16,18-19H2,1H3. The molecule has 2 aromatic carbocycles. The van der Waals surface area contributed by atoms with Crippen LogP contribution in [-0.2, 0) is 26.9 Å². The summed E-state index contributed by atoms with van der Waals surface area (Å²) in [4.78, 5) is 18.1. The van der Waals surface area contributed by atoms with Crippen molar-refractivity contribution in [2.75, 3.05) is 39.4 Å². The summed E-state index contributed by atoms with van der Waals surface area (Å²) >= 11 is 0. The molecule has 6 rings (SSSR count). The van der Waals surface area contributed by atoms with Crippen molar-refractivity contribution >= 4 is 15.7 Å². The van der Waals surface area contributed by atoms with E-state index in [-0.39, 0.29) is 22.2 Å². The molecule has 0 atom stereocenters. The second kappa shape index (κ2) is 9.70. The summed E-state index contributed by atoms with van der Waals surface area (Å²) in [5.41, 5.74) is 3.97. The molecule has 0 radical (unpaired) electrons. The highest BCUT2D eigenvalue weighted by molar-refractivity contribution is 7.90. The number of nitrogens with zero attached hydrogens (tertiary/aromatic N) is 4. The largest absolute Gasteiger partial charge is 0.378 e. The van der Waals surface area contributed by atoms with E-state index in [0.29, 0.717) is 43.1 Å². The number of aromatic nitrogens is 2. The lowest BCUT2D eigenvalue weighted by Crippen LogP contribution is -2.41. The zero-order chi connectivity index (χ0) is 25.6. The Morgan fingerprint density at radius 1 is 1.03 bits per heavy atom. The molecule has 0 bridgehead atoms. The number of benzene rings is 2. The van der Waals surface area contributed by atoms with E-state index in [1.165, 1.54) is 18.4 Å². The average Bonchev–Trinajstić information content (AvgIpc) is 3.29. The molecule has 0 unspecified atom stereocenters. The summed E-state index contributed by atoms with van der Waals surface area (Å²) in [5.74, 6) is 0.291. The van der Waals surface area contributed by atoms with Crippen LogP contribution in [0.25, 0.3) is 16.9 Å². The van der Waals surface area contributed by atoms with Gasteiger partial charge in [0.15, 0.2) is 15.5 Å². The first kappa shape index (κ1) is 24.3. The highest BCUT2D eigenvalue weighted by atomic mass is 32.2. The Hall–Kier alpha value is -3.01. The second-order valence-electron chi connectivity index (χ2n) is 10.4. The van der Waals surface area contributed by atoms with Crippen LogP contribution in [0.2, 0.25) is 0 Å². The first-order chi connectivity index (χ1) is 17.9. The number of hydrogen-bond acceptors (Lipinski definition) is 6. The topological polar surface area (TPSA) is 84.7 Å². The van der Waals surface area contributed by atoms with Gasteiger partial charge in [0.2, 0.25) is 0 Å². The second-order valence-corrected chi connectivity index (χ2v) is 12.3. The molecule has 9 heteroatoms. The van der Waals surface area contributed by atoms with Gasteiger partial charge in [-0.2, -0.15) is 5.10 Å². The minimum Gasteiger partial charge on any atom is -0.378 e. The SMILES string of the molecule is CC1CCN(Cc2cccc(-n3nc(C(=O)N4CCOCC4)c4c3-c3ccccc3S(=O)(=O)C4)c2)CC1.